The number of thiophene rings is 1. The zero-order valence-corrected chi connectivity index (χ0v) is 8.39. The van der Waals surface area contributed by atoms with E-state index in [2.05, 4.69) is 0 Å². The molecule has 1 aromatic rings. The maximum absolute atomic E-state index is 12.0. The van der Waals surface area contributed by atoms with Crippen LogP contribution in [0.1, 0.15) is 15.8 Å². The number of alkyl halides is 3. The zero-order chi connectivity index (χ0) is 9.35. The van der Waals surface area contributed by atoms with Gasteiger partial charge in [0.15, 0.2) is 0 Å². The third-order valence-electron chi connectivity index (χ3n) is 1.42. The van der Waals surface area contributed by atoms with Crippen LogP contribution in [0.5, 0.6) is 0 Å². The molecule has 0 spiro atoms. The second kappa shape index (κ2) is 4.30. The lowest BCUT2D eigenvalue weighted by Crippen LogP contribution is -2.27. The molecule has 1 aromatic heterocycles. The first-order valence-electron chi connectivity index (χ1n) is 3.30. The van der Waals surface area contributed by atoms with Crippen LogP contribution >= 0.6 is 23.7 Å². The van der Waals surface area contributed by atoms with Gasteiger partial charge in [0.25, 0.3) is 0 Å². The van der Waals surface area contributed by atoms with E-state index in [1.807, 2.05) is 0 Å². The molecule has 1 rings (SSSR count). The minimum absolute atomic E-state index is 0. The Morgan fingerprint density at radius 3 is 2.23 bits per heavy atom. The first-order valence-corrected chi connectivity index (χ1v) is 4.11. The Morgan fingerprint density at radius 2 is 1.92 bits per heavy atom. The first kappa shape index (κ1) is 12.7. The molecular weight excluding hydrogens is 223 g/mol. The van der Waals surface area contributed by atoms with Crippen molar-refractivity contribution in [3.8, 4) is 0 Å². The van der Waals surface area contributed by atoms with Crippen LogP contribution in [0.3, 0.4) is 0 Å². The highest BCUT2D eigenvalue weighted by Gasteiger charge is 2.38. The van der Waals surface area contributed by atoms with Gasteiger partial charge in [-0.1, -0.05) is 0 Å². The maximum Gasteiger partial charge on any atom is 0.408 e. The molecule has 2 N–H and O–H groups in total. The van der Waals surface area contributed by atoms with E-state index in [0.29, 0.717) is 0 Å². The molecule has 0 saturated carbocycles. The van der Waals surface area contributed by atoms with Gasteiger partial charge in [0, 0.05) is 9.75 Å². The topological polar surface area (TPSA) is 26.0 Å². The molecule has 0 bridgehead atoms. The van der Waals surface area contributed by atoms with E-state index >= 15 is 0 Å². The highest BCUT2D eigenvalue weighted by molar-refractivity contribution is 7.12. The van der Waals surface area contributed by atoms with Crippen molar-refractivity contribution in [3.05, 3.63) is 21.9 Å². The van der Waals surface area contributed by atoms with E-state index in [9.17, 15) is 13.2 Å². The Balaban J connectivity index is 0.00000144. The Hall–Kier alpha value is -0.260. The second-order valence-electron chi connectivity index (χ2n) is 2.47. The number of rotatable bonds is 1. The van der Waals surface area contributed by atoms with Crippen molar-refractivity contribution in [2.75, 3.05) is 0 Å². The fourth-order valence-corrected chi connectivity index (χ4v) is 1.69. The maximum atomic E-state index is 12.0. The van der Waals surface area contributed by atoms with Crippen molar-refractivity contribution < 1.29 is 13.2 Å². The smallest absolute Gasteiger partial charge is 0.316 e. The van der Waals surface area contributed by atoms with Gasteiger partial charge in [-0.3, -0.25) is 0 Å². The fourth-order valence-electron chi connectivity index (χ4n) is 0.782. The molecule has 0 aromatic carbocycles. The highest BCUT2D eigenvalue weighted by atomic mass is 35.5. The lowest BCUT2D eigenvalue weighted by Gasteiger charge is -2.12. The van der Waals surface area contributed by atoms with Gasteiger partial charge >= 0.3 is 6.18 Å². The van der Waals surface area contributed by atoms with Crippen molar-refractivity contribution in [1.82, 2.24) is 0 Å². The molecule has 0 amide bonds. The molecule has 0 aliphatic heterocycles. The summed E-state index contributed by atoms with van der Waals surface area (Å²) in [6.07, 6.45) is -4.34. The molecule has 0 fully saturated rings. The number of hydrogen-bond acceptors (Lipinski definition) is 2. The van der Waals surface area contributed by atoms with Crippen LogP contribution in [0.2, 0.25) is 0 Å². The predicted octanol–water partition coefficient (Wildman–Crippen LogP) is 3.04. The molecule has 0 aliphatic carbocycles. The fraction of sp³-hybridized carbons (Fsp3) is 0.429. The van der Waals surface area contributed by atoms with Gasteiger partial charge in [-0.25, -0.2) is 0 Å². The molecule has 76 valence electrons. The third-order valence-corrected chi connectivity index (χ3v) is 2.50. The number of nitrogens with two attached hydrogens (primary N) is 1. The molecule has 1 atom stereocenters. The minimum atomic E-state index is -4.34. The van der Waals surface area contributed by atoms with E-state index in [4.69, 9.17) is 5.73 Å². The summed E-state index contributed by atoms with van der Waals surface area (Å²) in [6.45, 7) is 1.75. The monoisotopic (exact) mass is 231 g/mol. The van der Waals surface area contributed by atoms with Crippen LogP contribution in [0.25, 0.3) is 0 Å². The number of hydrogen-bond donors (Lipinski definition) is 1. The molecule has 0 unspecified atom stereocenters. The molecule has 6 heteroatoms. The lowest BCUT2D eigenvalue weighted by atomic mass is 10.2. The number of aryl methyl sites for hydroxylation is 1. The van der Waals surface area contributed by atoms with Crippen molar-refractivity contribution in [1.29, 1.82) is 0 Å². The first-order chi connectivity index (χ1) is 5.41. The summed E-state index contributed by atoms with van der Waals surface area (Å²) in [4.78, 5) is 1.00. The summed E-state index contributed by atoms with van der Waals surface area (Å²) >= 11 is 1.08. The molecular formula is C7H9ClF3NS. The van der Waals surface area contributed by atoms with Crippen LogP contribution < -0.4 is 5.73 Å². The van der Waals surface area contributed by atoms with Gasteiger partial charge in [0.2, 0.25) is 0 Å². The minimum Gasteiger partial charge on any atom is -0.316 e. The summed E-state index contributed by atoms with van der Waals surface area (Å²) in [5, 5.41) is 0. The largest absolute Gasteiger partial charge is 0.408 e. The SMILES string of the molecule is Cc1ccc([C@@H](N)C(F)(F)F)s1.Cl. The quantitative estimate of drug-likeness (QED) is 0.790. The van der Waals surface area contributed by atoms with E-state index in [1.165, 1.54) is 6.07 Å². The van der Waals surface area contributed by atoms with E-state index in [0.717, 1.165) is 16.2 Å². The average molecular weight is 232 g/mol. The molecule has 0 aliphatic rings. The summed E-state index contributed by atoms with van der Waals surface area (Å²) in [6, 6.07) is 1.21. The van der Waals surface area contributed by atoms with E-state index in [1.54, 1.807) is 13.0 Å². The van der Waals surface area contributed by atoms with Crippen molar-refractivity contribution in [2.24, 2.45) is 5.73 Å². The van der Waals surface area contributed by atoms with Crippen LogP contribution in [0, 0.1) is 6.92 Å². The second-order valence-corrected chi connectivity index (χ2v) is 3.79. The number of halogens is 4. The normalized spacial score (nSPS) is 13.6. The van der Waals surface area contributed by atoms with Gasteiger partial charge in [0.1, 0.15) is 6.04 Å². The van der Waals surface area contributed by atoms with E-state index in [-0.39, 0.29) is 17.3 Å². The zero-order valence-electron chi connectivity index (χ0n) is 6.76. The van der Waals surface area contributed by atoms with Crippen LogP contribution in [-0.4, -0.2) is 6.18 Å². The summed E-state index contributed by atoms with van der Waals surface area (Å²) < 4.78 is 36.1. The van der Waals surface area contributed by atoms with Crippen LogP contribution in [0.4, 0.5) is 13.2 Å². The predicted molar refractivity (Wildman–Crippen MR) is 49.3 cm³/mol. The van der Waals surface area contributed by atoms with Crippen molar-refractivity contribution in [3.63, 3.8) is 0 Å². The average Bonchev–Trinajstić information content (AvgIpc) is 2.32. The van der Waals surface area contributed by atoms with Gasteiger partial charge in [-0.05, 0) is 19.1 Å². The Bertz CT molecular complexity index is 271. The Labute approximate surface area is 84.2 Å². The van der Waals surface area contributed by atoms with Crippen molar-refractivity contribution >= 4 is 23.7 Å². The van der Waals surface area contributed by atoms with Gasteiger partial charge in [-0.15, -0.1) is 23.7 Å². The third kappa shape index (κ3) is 3.17. The van der Waals surface area contributed by atoms with Crippen molar-refractivity contribution in [2.45, 2.75) is 19.1 Å². The summed E-state index contributed by atoms with van der Waals surface area (Å²) in [5.41, 5.74) is 4.97. The van der Waals surface area contributed by atoms with Crippen LogP contribution in [-0.2, 0) is 0 Å². The molecule has 1 heterocycles. The molecule has 0 radical (unpaired) electrons. The molecule has 13 heavy (non-hydrogen) atoms. The highest BCUT2D eigenvalue weighted by Crippen LogP contribution is 2.33. The molecule has 1 nitrogen and oxygen atoms in total. The molecule has 0 saturated heterocycles. The lowest BCUT2D eigenvalue weighted by molar-refractivity contribution is -0.148. The Kier molecular flexibility index (Phi) is 4.22. The Morgan fingerprint density at radius 1 is 1.38 bits per heavy atom. The van der Waals surface area contributed by atoms with Gasteiger partial charge in [0.05, 0.1) is 0 Å². The summed E-state index contributed by atoms with van der Waals surface area (Å²) in [5.74, 6) is 0. The van der Waals surface area contributed by atoms with Gasteiger partial charge < -0.3 is 5.73 Å². The van der Waals surface area contributed by atoms with Gasteiger partial charge in [-0.2, -0.15) is 13.2 Å². The van der Waals surface area contributed by atoms with E-state index < -0.39 is 12.2 Å². The van der Waals surface area contributed by atoms with Crippen LogP contribution in [0.15, 0.2) is 12.1 Å². The summed E-state index contributed by atoms with van der Waals surface area (Å²) in [7, 11) is 0. The standard InChI is InChI=1S/C7H8F3NS.ClH/c1-4-2-3-5(12-4)6(11)7(8,9)10;/h2-3,6H,11H2,1H3;1H/t6-;/m1./s1.